The van der Waals surface area contributed by atoms with Gasteiger partial charge in [-0.1, -0.05) is 6.07 Å². The minimum Gasteiger partial charge on any atom is -0.378 e. The number of aryl methyl sites for hydroxylation is 2. The molecule has 0 aromatic heterocycles. The fourth-order valence-corrected chi connectivity index (χ4v) is 3.03. The van der Waals surface area contributed by atoms with Crippen molar-refractivity contribution < 1.29 is 9.53 Å². The summed E-state index contributed by atoms with van der Waals surface area (Å²) in [7, 11) is 0. The molecule has 0 bridgehead atoms. The number of anilines is 1. The summed E-state index contributed by atoms with van der Waals surface area (Å²) in [5.41, 5.74) is 3.95. The number of carbonyl (C=O) groups is 1. The van der Waals surface area contributed by atoms with E-state index in [4.69, 9.17) is 4.74 Å². The van der Waals surface area contributed by atoms with Crippen LogP contribution in [0.1, 0.15) is 24.5 Å². The maximum absolute atomic E-state index is 12.3. The topological polar surface area (TPSA) is 41.6 Å². The van der Waals surface area contributed by atoms with Crippen LogP contribution in [-0.4, -0.2) is 43.2 Å². The molecule has 3 rings (SSSR count). The smallest absolute Gasteiger partial charge is 0.244 e. The van der Waals surface area contributed by atoms with Crippen LogP contribution in [-0.2, 0) is 22.4 Å². The Bertz CT molecular complexity index is 495. The van der Waals surface area contributed by atoms with E-state index >= 15 is 0 Å². The van der Waals surface area contributed by atoms with E-state index in [-0.39, 0.29) is 11.9 Å². The lowest BCUT2D eigenvalue weighted by atomic mass is 10.1. The van der Waals surface area contributed by atoms with Gasteiger partial charge in [0.25, 0.3) is 0 Å². The van der Waals surface area contributed by atoms with Gasteiger partial charge >= 0.3 is 0 Å². The highest BCUT2D eigenvalue weighted by Crippen LogP contribution is 2.25. The van der Waals surface area contributed by atoms with Crippen LogP contribution in [0.4, 0.5) is 5.69 Å². The van der Waals surface area contributed by atoms with Crippen LogP contribution in [0.15, 0.2) is 18.2 Å². The van der Waals surface area contributed by atoms with Crippen LogP contribution in [0.2, 0.25) is 0 Å². The summed E-state index contributed by atoms with van der Waals surface area (Å²) in [4.78, 5) is 14.2. The average Bonchev–Trinajstić information content (AvgIpc) is 2.95. The van der Waals surface area contributed by atoms with Gasteiger partial charge in [0.1, 0.15) is 6.04 Å². The second kappa shape index (κ2) is 5.83. The predicted octanol–water partition coefficient (Wildman–Crippen LogP) is 1.83. The van der Waals surface area contributed by atoms with Gasteiger partial charge in [0, 0.05) is 18.8 Å². The summed E-state index contributed by atoms with van der Waals surface area (Å²) in [5.74, 6) is 0.161. The Morgan fingerprint density at radius 3 is 2.80 bits per heavy atom. The fraction of sp³-hybridized carbons (Fsp3) is 0.562. The molecule has 0 radical (unpaired) electrons. The average molecular weight is 274 g/mol. The molecule has 1 N–H and O–H groups in total. The number of nitrogens with one attached hydrogen (secondary N) is 1. The first-order valence-electron chi connectivity index (χ1n) is 7.49. The lowest BCUT2D eigenvalue weighted by Gasteiger charge is -2.29. The van der Waals surface area contributed by atoms with Gasteiger partial charge in [-0.05, 0) is 49.4 Å². The van der Waals surface area contributed by atoms with Crippen LogP contribution in [0.25, 0.3) is 0 Å². The van der Waals surface area contributed by atoms with Gasteiger partial charge in [0.05, 0.1) is 13.2 Å². The molecule has 1 heterocycles. The molecule has 108 valence electrons. The largest absolute Gasteiger partial charge is 0.378 e. The number of hydrogen-bond acceptors (Lipinski definition) is 3. The van der Waals surface area contributed by atoms with Gasteiger partial charge in [-0.25, -0.2) is 0 Å². The quantitative estimate of drug-likeness (QED) is 0.914. The SMILES string of the molecule is CC(Nc1ccc2c(c1)CCC2)C(=O)N1CCOCC1. The molecular weight excluding hydrogens is 252 g/mol. The number of ether oxygens (including phenoxy) is 1. The van der Waals surface area contributed by atoms with E-state index < -0.39 is 0 Å². The molecule has 4 heteroatoms. The first-order chi connectivity index (χ1) is 9.74. The van der Waals surface area contributed by atoms with Crippen molar-refractivity contribution in [2.45, 2.75) is 32.2 Å². The lowest BCUT2D eigenvalue weighted by Crippen LogP contribution is -2.47. The number of morpholine rings is 1. The van der Waals surface area contributed by atoms with Crippen LogP contribution in [0.3, 0.4) is 0 Å². The summed E-state index contributed by atoms with van der Waals surface area (Å²) < 4.78 is 5.28. The normalized spacial score (nSPS) is 19.6. The third-order valence-electron chi connectivity index (χ3n) is 4.17. The molecule has 2 aliphatic rings. The zero-order valence-corrected chi connectivity index (χ0v) is 12.0. The van der Waals surface area contributed by atoms with Gasteiger partial charge < -0.3 is 15.0 Å². The molecule has 0 spiro atoms. The van der Waals surface area contributed by atoms with Crippen LogP contribution >= 0.6 is 0 Å². The van der Waals surface area contributed by atoms with Crippen molar-refractivity contribution in [2.24, 2.45) is 0 Å². The summed E-state index contributed by atoms with van der Waals surface area (Å²) >= 11 is 0. The van der Waals surface area contributed by atoms with Crippen LogP contribution in [0.5, 0.6) is 0 Å². The Morgan fingerprint density at radius 1 is 1.25 bits per heavy atom. The second-order valence-corrected chi connectivity index (χ2v) is 5.64. The highest BCUT2D eigenvalue weighted by Gasteiger charge is 2.22. The van der Waals surface area contributed by atoms with Crippen molar-refractivity contribution in [3.05, 3.63) is 29.3 Å². The Hall–Kier alpha value is -1.55. The monoisotopic (exact) mass is 274 g/mol. The van der Waals surface area contributed by atoms with Crippen molar-refractivity contribution in [3.8, 4) is 0 Å². The summed E-state index contributed by atoms with van der Waals surface area (Å²) in [6, 6.07) is 6.29. The van der Waals surface area contributed by atoms with Gasteiger partial charge in [0.15, 0.2) is 0 Å². The van der Waals surface area contributed by atoms with E-state index in [0.717, 1.165) is 12.1 Å². The molecule has 1 atom stereocenters. The second-order valence-electron chi connectivity index (χ2n) is 5.64. The van der Waals surface area contributed by atoms with E-state index in [1.165, 1.54) is 24.0 Å². The third-order valence-corrected chi connectivity index (χ3v) is 4.17. The zero-order chi connectivity index (χ0) is 13.9. The Kier molecular flexibility index (Phi) is 3.92. The Labute approximate surface area is 120 Å². The zero-order valence-electron chi connectivity index (χ0n) is 12.0. The number of carbonyl (C=O) groups excluding carboxylic acids is 1. The number of fused-ring (bicyclic) bond motifs is 1. The highest BCUT2D eigenvalue weighted by atomic mass is 16.5. The van der Waals surface area contributed by atoms with E-state index in [1.807, 2.05) is 11.8 Å². The van der Waals surface area contributed by atoms with Crippen molar-refractivity contribution in [1.29, 1.82) is 0 Å². The van der Waals surface area contributed by atoms with Gasteiger partial charge in [-0.15, -0.1) is 0 Å². The van der Waals surface area contributed by atoms with E-state index in [0.29, 0.717) is 26.3 Å². The molecule has 20 heavy (non-hydrogen) atoms. The summed E-state index contributed by atoms with van der Waals surface area (Å²) in [6.07, 6.45) is 3.61. The molecule has 1 fully saturated rings. The van der Waals surface area contributed by atoms with E-state index in [2.05, 4.69) is 23.5 Å². The molecular formula is C16H22N2O2. The van der Waals surface area contributed by atoms with Crippen LogP contribution in [0, 0.1) is 0 Å². The number of benzene rings is 1. The third kappa shape index (κ3) is 2.80. The first kappa shape index (κ1) is 13.4. The molecule has 1 aromatic rings. The molecule has 1 aromatic carbocycles. The number of hydrogen-bond donors (Lipinski definition) is 1. The first-order valence-corrected chi connectivity index (χ1v) is 7.49. The molecule has 1 aliphatic carbocycles. The minimum absolute atomic E-state index is 0.161. The molecule has 4 nitrogen and oxygen atoms in total. The van der Waals surface area contributed by atoms with E-state index in [1.54, 1.807) is 0 Å². The molecule has 1 unspecified atom stereocenters. The Morgan fingerprint density at radius 2 is 2.00 bits per heavy atom. The standard InChI is InChI=1S/C16H22N2O2/c1-12(16(19)18-7-9-20-10-8-18)17-15-6-5-13-3-2-4-14(13)11-15/h5-6,11-12,17H,2-4,7-10H2,1H3. The molecule has 1 saturated heterocycles. The predicted molar refractivity (Wildman–Crippen MR) is 79.0 cm³/mol. The van der Waals surface area contributed by atoms with Gasteiger partial charge in [-0.3, -0.25) is 4.79 Å². The minimum atomic E-state index is -0.187. The Balaban J connectivity index is 1.63. The maximum atomic E-state index is 12.3. The highest BCUT2D eigenvalue weighted by molar-refractivity contribution is 5.84. The van der Waals surface area contributed by atoms with Crippen molar-refractivity contribution in [3.63, 3.8) is 0 Å². The fourth-order valence-electron chi connectivity index (χ4n) is 3.03. The number of amides is 1. The molecule has 0 saturated carbocycles. The van der Waals surface area contributed by atoms with Crippen molar-refractivity contribution in [1.82, 2.24) is 4.90 Å². The van der Waals surface area contributed by atoms with Crippen molar-refractivity contribution >= 4 is 11.6 Å². The van der Waals surface area contributed by atoms with Crippen LogP contribution < -0.4 is 5.32 Å². The summed E-state index contributed by atoms with van der Waals surface area (Å²) in [6.45, 7) is 4.64. The summed E-state index contributed by atoms with van der Waals surface area (Å²) in [5, 5.41) is 3.34. The molecule has 1 amide bonds. The molecule has 1 aliphatic heterocycles. The number of nitrogens with zero attached hydrogens (tertiary/aromatic N) is 1. The number of rotatable bonds is 3. The van der Waals surface area contributed by atoms with Gasteiger partial charge in [-0.2, -0.15) is 0 Å². The lowest BCUT2D eigenvalue weighted by molar-refractivity contribution is -0.135. The van der Waals surface area contributed by atoms with Gasteiger partial charge in [0.2, 0.25) is 5.91 Å². The van der Waals surface area contributed by atoms with E-state index in [9.17, 15) is 4.79 Å². The maximum Gasteiger partial charge on any atom is 0.244 e. The van der Waals surface area contributed by atoms with Crippen molar-refractivity contribution in [2.75, 3.05) is 31.6 Å².